The zero-order valence-corrected chi connectivity index (χ0v) is 15.7. The van der Waals surface area contributed by atoms with E-state index in [9.17, 15) is 4.79 Å². The first-order valence-corrected chi connectivity index (χ1v) is 9.03. The highest BCUT2D eigenvalue weighted by atomic mass is 32.1. The predicted octanol–water partition coefficient (Wildman–Crippen LogP) is 4.53. The fraction of sp³-hybridized carbons (Fsp3) is 0.200. The number of carbonyl (C=O) groups excluding carboxylic acids is 1. The molecule has 1 heterocycles. The first kappa shape index (κ1) is 17.9. The van der Waals surface area contributed by atoms with Gasteiger partial charge in [-0.15, -0.1) is 11.3 Å². The zero-order chi connectivity index (χ0) is 18.5. The summed E-state index contributed by atoms with van der Waals surface area (Å²) in [6.07, 6.45) is -0.619. The molecule has 5 nitrogen and oxygen atoms in total. The number of rotatable bonds is 6. The van der Waals surface area contributed by atoms with E-state index in [0.717, 1.165) is 21.9 Å². The van der Waals surface area contributed by atoms with Crippen molar-refractivity contribution in [2.24, 2.45) is 0 Å². The predicted molar refractivity (Wildman–Crippen MR) is 104 cm³/mol. The highest BCUT2D eigenvalue weighted by molar-refractivity contribution is 7.16. The van der Waals surface area contributed by atoms with Crippen molar-refractivity contribution >= 4 is 22.4 Å². The van der Waals surface area contributed by atoms with Crippen LogP contribution < -0.4 is 14.8 Å². The van der Waals surface area contributed by atoms with Gasteiger partial charge in [-0.3, -0.25) is 10.1 Å². The molecule has 134 valence electrons. The van der Waals surface area contributed by atoms with Crippen molar-refractivity contribution in [1.29, 1.82) is 0 Å². The van der Waals surface area contributed by atoms with Crippen LogP contribution in [-0.4, -0.2) is 24.1 Å². The molecule has 2 aromatic carbocycles. The monoisotopic (exact) mass is 368 g/mol. The zero-order valence-electron chi connectivity index (χ0n) is 14.9. The normalized spacial score (nSPS) is 11.7. The van der Waals surface area contributed by atoms with Gasteiger partial charge in [-0.1, -0.05) is 18.2 Å². The molecule has 3 aromatic rings. The molecule has 0 bridgehead atoms. The van der Waals surface area contributed by atoms with Crippen LogP contribution in [0.2, 0.25) is 0 Å². The van der Waals surface area contributed by atoms with Crippen LogP contribution in [0.25, 0.3) is 11.3 Å². The van der Waals surface area contributed by atoms with E-state index in [1.165, 1.54) is 11.3 Å². The van der Waals surface area contributed by atoms with E-state index < -0.39 is 6.10 Å². The van der Waals surface area contributed by atoms with Crippen LogP contribution >= 0.6 is 11.3 Å². The number of nitrogens with one attached hydrogen (secondary N) is 1. The Balaban J connectivity index is 1.69. The Bertz CT molecular complexity index is 876. The number of hydrogen-bond acceptors (Lipinski definition) is 5. The molecule has 1 atom stereocenters. The van der Waals surface area contributed by atoms with Gasteiger partial charge in [0.1, 0.15) is 11.5 Å². The third-order valence-electron chi connectivity index (χ3n) is 3.82. The first-order chi connectivity index (χ1) is 12.6. The molecule has 0 fully saturated rings. The molecule has 1 amide bonds. The second-order valence-corrected chi connectivity index (χ2v) is 6.92. The summed E-state index contributed by atoms with van der Waals surface area (Å²) >= 11 is 1.44. The minimum atomic E-state index is -0.619. The van der Waals surface area contributed by atoms with E-state index in [1.807, 2.05) is 61.5 Å². The van der Waals surface area contributed by atoms with Crippen molar-refractivity contribution in [1.82, 2.24) is 4.98 Å². The number of aryl methyl sites for hydroxylation is 1. The van der Waals surface area contributed by atoms with Crippen LogP contribution in [-0.2, 0) is 4.79 Å². The van der Waals surface area contributed by atoms with Crippen molar-refractivity contribution in [2.45, 2.75) is 20.0 Å². The molecule has 0 unspecified atom stereocenters. The average Bonchev–Trinajstić information content (AvgIpc) is 3.02. The molecular weight excluding hydrogens is 348 g/mol. The van der Waals surface area contributed by atoms with E-state index >= 15 is 0 Å². The minimum absolute atomic E-state index is 0.233. The Morgan fingerprint density at radius 2 is 1.77 bits per heavy atom. The van der Waals surface area contributed by atoms with Gasteiger partial charge in [0.2, 0.25) is 0 Å². The van der Waals surface area contributed by atoms with Gasteiger partial charge in [0.15, 0.2) is 11.2 Å². The fourth-order valence-electron chi connectivity index (χ4n) is 2.43. The van der Waals surface area contributed by atoms with Gasteiger partial charge in [0.25, 0.3) is 5.91 Å². The van der Waals surface area contributed by atoms with Gasteiger partial charge in [-0.05, 0) is 50.2 Å². The summed E-state index contributed by atoms with van der Waals surface area (Å²) in [6, 6.07) is 17.0. The quantitative estimate of drug-likeness (QED) is 0.694. The average molecular weight is 368 g/mol. The molecule has 0 radical (unpaired) electrons. The maximum Gasteiger partial charge on any atom is 0.266 e. The lowest BCUT2D eigenvalue weighted by Gasteiger charge is -2.13. The van der Waals surface area contributed by atoms with Crippen LogP contribution in [0.15, 0.2) is 54.6 Å². The van der Waals surface area contributed by atoms with Crippen LogP contribution in [0.4, 0.5) is 5.13 Å². The smallest absolute Gasteiger partial charge is 0.266 e. The van der Waals surface area contributed by atoms with Gasteiger partial charge in [-0.25, -0.2) is 4.98 Å². The molecule has 1 aromatic heterocycles. The number of hydrogen-bond donors (Lipinski definition) is 1. The standard InChI is InChI=1S/C20H20N2O3S/c1-13(25-17-7-5-4-6-8-17)19(23)22-20-21-18(14(2)26-20)15-9-11-16(24-3)12-10-15/h4-13H,1-3H3,(H,21,22,23)/t13-/m0/s1. The number of aromatic nitrogens is 1. The summed E-state index contributed by atoms with van der Waals surface area (Å²) in [5, 5.41) is 3.39. The molecule has 0 aliphatic rings. The maximum atomic E-state index is 12.4. The summed E-state index contributed by atoms with van der Waals surface area (Å²) < 4.78 is 10.8. The van der Waals surface area contributed by atoms with E-state index in [2.05, 4.69) is 10.3 Å². The summed E-state index contributed by atoms with van der Waals surface area (Å²) in [6.45, 7) is 3.70. The van der Waals surface area contributed by atoms with Crippen molar-refractivity contribution in [3.8, 4) is 22.8 Å². The van der Waals surface area contributed by atoms with E-state index in [4.69, 9.17) is 9.47 Å². The number of amides is 1. The summed E-state index contributed by atoms with van der Waals surface area (Å²) in [5.74, 6) is 1.22. The Morgan fingerprint density at radius 3 is 2.42 bits per heavy atom. The molecule has 0 saturated carbocycles. The maximum absolute atomic E-state index is 12.4. The fourth-order valence-corrected chi connectivity index (χ4v) is 3.27. The lowest BCUT2D eigenvalue weighted by Crippen LogP contribution is -2.30. The Hall–Kier alpha value is -2.86. The van der Waals surface area contributed by atoms with E-state index in [0.29, 0.717) is 10.9 Å². The molecule has 26 heavy (non-hydrogen) atoms. The number of anilines is 1. The number of carbonyl (C=O) groups is 1. The molecule has 3 rings (SSSR count). The molecule has 6 heteroatoms. The number of nitrogens with zero attached hydrogens (tertiary/aromatic N) is 1. The highest BCUT2D eigenvalue weighted by Crippen LogP contribution is 2.31. The van der Waals surface area contributed by atoms with Crippen LogP contribution in [0.3, 0.4) is 0 Å². The van der Waals surface area contributed by atoms with Crippen LogP contribution in [0, 0.1) is 6.92 Å². The number of thiazole rings is 1. The molecule has 0 aliphatic heterocycles. The van der Waals surface area contributed by atoms with Crippen molar-refractivity contribution < 1.29 is 14.3 Å². The van der Waals surface area contributed by atoms with Gasteiger partial charge in [-0.2, -0.15) is 0 Å². The van der Waals surface area contributed by atoms with Crippen molar-refractivity contribution in [3.63, 3.8) is 0 Å². The number of benzene rings is 2. The minimum Gasteiger partial charge on any atom is -0.497 e. The number of ether oxygens (including phenoxy) is 2. The second-order valence-electron chi connectivity index (χ2n) is 5.71. The molecule has 0 saturated heterocycles. The van der Waals surface area contributed by atoms with Crippen LogP contribution in [0.1, 0.15) is 11.8 Å². The van der Waals surface area contributed by atoms with Gasteiger partial charge in [0.05, 0.1) is 12.8 Å². The molecular formula is C20H20N2O3S. The van der Waals surface area contributed by atoms with E-state index in [1.54, 1.807) is 14.0 Å². The molecule has 0 spiro atoms. The highest BCUT2D eigenvalue weighted by Gasteiger charge is 2.18. The Kier molecular flexibility index (Phi) is 5.53. The summed E-state index contributed by atoms with van der Waals surface area (Å²) in [4.78, 5) is 18.0. The topological polar surface area (TPSA) is 60.5 Å². The lowest BCUT2D eigenvalue weighted by molar-refractivity contribution is -0.122. The van der Waals surface area contributed by atoms with Gasteiger partial charge >= 0.3 is 0 Å². The lowest BCUT2D eigenvalue weighted by atomic mass is 10.1. The van der Waals surface area contributed by atoms with Gasteiger partial charge in [0, 0.05) is 10.4 Å². The van der Waals surface area contributed by atoms with Crippen molar-refractivity contribution in [2.75, 3.05) is 12.4 Å². The first-order valence-electron chi connectivity index (χ1n) is 8.21. The molecule has 0 aliphatic carbocycles. The molecule has 1 N–H and O–H groups in total. The number of para-hydroxylation sites is 1. The third-order valence-corrected chi connectivity index (χ3v) is 4.70. The second kappa shape index (κ2) is 8.01. The summed E-state index contributed by atoms with van der Waals surface area (Å²) in [7, 11) is 1.63. The third kappa shape index (κ3) is 4.21. The van der Waals surface area contributed by atoms with Gasteiger partial charge < -0.3 is 9.47 Å². The van der Waals surface area contributed by atoms with Crippen LogP contribution in [0.5, 0.6) is 11.5 Å². The summed E-state index contributed by atoms with van der Waals surface area (Å²) in [5.41, 5.74) is 1.83. The van der Waals surface area contributed by atoms with Crippen molar-refractivity contribution in [3.05, 3.63) is 59.5 Å². The largest absolute Gasteiger partial charge is 0.497 e. The number of methoxy groups -OCH3 is 1. The Morgan fingerprint density at radius 1 is 1.08 bits per heavy atom. The van der Waals surface area contributed by atoms with E-state index in [-0.39, 0.29) is 5.91 Å². The Labute approximate surface area is 156 Å². The SMILES string of the molecule is COc1ccc(-c2nc(NC(=O)[C@H](C)Oc3ccccc3)sc2C)cc1.